The molecule has 9 heteroatoms. The molecule has 0 aliphatic carbocycles. The fourth-order valence-corrected chi connectivity index (χ4v) is 5.53. The van der Waals surface area contributed by atoms with Gasteiger partial charge in [-0.25, -0.2) is 4.98 Å². The van der Waals surface area contributed by atoms with Gasteiger partial charge in [-0.2, -0.15) is 0 Å². The fourth-order valence-electron chi connectivity index (χ4n) is 3.62. The lowest BCUT2D eigenvalue weighted by molar-refractivity contribution is -0.121. The molecule has 4 rings (SSSR count). The van der Waals surface area contributed by atoms with E-state index in [4.69, 9.17) is 4.98 Å². The normalized spacial score (nSPS) is 11.3. The first-order chi connectivity index (χ1) is 16.3. The molecular formula is C25H26N4O3S2. The molecule has 2 amide bonds. The number of hydrogen-bond donors (Lipinski definition) is 2. The molecule has 0 atom stereocenters. The summed E-state index contributed by atoms with van der Waals surface area (Å²) >= 11 is 2.60. The number of amides is 2. The highest BCUT2D eigenvalue weighted by Gasteiger charge is 2.18. The van der Waals surface area contributed by atoms with Crippen molar-refractivity contribution in [3.63, 3.8) is 0 Å². The third-order valence-electron chi connectivity index (χ3n) is 5.09. The van der Waals surface area contributed by atoms with E-state index in [9.17, 15) is 14.4 Å². The Labute approximate surface area is 205 Å². The largest absolute Gasteiger partial charge is 0.354 e. The first-order valence-electron chi connectivity index (χ1n) is 11.0. The van der Waals surface area contributed by atoms with Crippen molar-refractivity contribution in [2.24, 2.45) is 0 Å². The molecule has 0 aliphatic heterocycles. The van der Waals surface area contributed by atoms with Crippen molar-refractivity contribution < 1.29 is 9.59 Å². The van der Waals surface area contributed by atoms with Crippen LogP contribution in [0.3, 0.4) is 0 Å². The van der Waals surface area contributed by atoms with E-state index in [1.807, 2.05) is 69.3 Å². The zero-order chi connectivity index (χ0) is 24.2. The van der Waals surface area contributed by atoms with Crippen LogP contribution in [0.1, 0.15) is 25.8 Å². The van der Waals surface area contributed by atoms with Crippen molar-refractivity contribution in [1.29, 1.82) is 0 Å². The Balaban J connectivity index is 1.63. The lowest BCUT2D eigenvalue weighted by Crippen LogP contribution is -2.32. The molecule has 2 N–H and O–H groups in total. The van der Waals surface area contributed by atoms with E-state index >= 15 is 0 Å². The lowest BCUT2D eigenvalue weighted by atomic mass is 10.2. The molecular weight excluding hydrogens is 468 g/mol. The number of hydrogen-bond acceptors (Lipinski definition) is 6. The van der Waals surface area contributed by atoms with Crippen LogP contribution in [0.25, 0.3) is 20.3 Å². The van der Waals surface area contributed by atoms with Crippen LogP contribution in [-0.2, 0) is 16.1 Å². The summed E-state index contributed by atoms with van der Waals surface area (Å²) in [7, 11) is 0. The predicted molar refractivity (Wildman–Crippen MR) is 140 cm³/mol. The van der Waals surface area contributed by atoms with Crippen LogP contribution in [0.2, 0.25) is 0 Å². The molecule has 2 heterocycles. The number of aryl methyl sites for hydroxylation is 1. The maximum absolute atomic E-state index is 13.4. The molecule has 0 bridgehead atoms. The highest BCUT2D eigenvalue weighted by molar-refractivity contribution is 7.99. The number of rotatable bonds is 8. The third kappa shape index (κ3) is 5.48. The summed E-state index contributed by atoms with van der Waals surface area (Å²) in [5.74, 6) is -0.234. The third-order valence-corrected chi connectivity index (χ3v) is 7.22. The van der Waals surface area contributed by atoms with Crippen LogP contribution >= 0.6 is 23.1 Å². The number of benzene rings is 2. The SMILES string of the molecule is Cc1cccc(NC(=O)CSc2nc3c(sc4ccccc43)c(=O)n2CCC(=O)NC(C)C)c1. The van der Waals surface area contributed by atoms with E-state index in [2.05, 4.69) is 10.6 Å². The summed E-state index contributed by atoms with van der Waals surface area (Å²) in [5.41, 5.74) is 2.22. The molecule has 0 aliphatic rings. The standard InChI is InChI=1S/C25H26N4O3S2/c1-15(2)26-20(30)11-12-29-24(32)23-22(18-9-4-5-10-19(18)34-23)28-25(29)33-14-21(31)27-17-8-6-7-16(3)13-17/h4-10,13,15H,11-12,14H2,1-3H3,(H,26,30)(H,27,31). The maximum atomic E-state index is 13.4. The van der Waals surface area contributed by atoms with Gasteiger partial charge in [0.15, 0.2) is 5.16 Å². The average molecular weight is 495 g/mol. The molecule has 0 fully saturated rings. The number of aromatic nitrogens is 2. The highest BCUT2D eigenvalue weighted by Crippen LogP contribution is 2.31. The van der Waals surface area contributed by atoms with Gasteiger partial charge in [-0.15, -0.1) is 11.3 Å². The van der Waals surface area contributed by atoms with Gasteiger partial charge in [0, 0.05) is 34.8 Å². The van der Waals surface area contributed by atoms with Gasteiger partial charge in [-0.1, -0.05) is 42.1 Å². The number of carbonyl (C=O) groups excluding carboxylic acids is 2. The zero-order valence-corrected chi connectivity index (χ0v) is 20.9. The van der Waals surface area contributed by atoms with Crippen LogP contribution in [-0.4, -0.2) is 33.2 Å². The van der Waals surface area contributed by atoms with Gasteiger partial charge in [0.25, 0.3) is 5.56 Å². The second-order valence-electron chi connectivity index (χ2n) is 8.31. The van der Waals surface area contributed by atoms with Crippen LogP contribution in [0.5, 0.6) is 0 Å². The van der Waals surface area contributed by atoms with Crippen molar-refractivity contribution in [3.8, 4) is 0 Å². The summed E-state index contributed by atoms with van der Waals surface area (Å²) in [5, 5.41) is 7.07. The number of thiophene rings is 1. The second kappa shape index (κ2) is 10.4. The van der Waals surface area contributed by atoms with E-state index in [1.165, 1.54) is 27.7 Å². The number of thioether (sulfide) groups is 1. The Morgan fingerprint density at radius 1 is 1.12 bits per heavy atom. The van der Waals surface area contributed by atoms with E-state index in [-0.39, 0.29) is 42.1 Å². The van der Waals surface area contributed by atoms with Gasteiger partial charge >= 0.3 is 0 Å². The summed E-state index contributed by atoms with van der Waals surface area (Å²) in [6.45, 7) is 5.94. The minimum atomic E-state index is -0.191. The van der Waals surface area contributed by atoms with Crippen LogP contribution < -0.4 is 16.2 Å². The van der Waals surface area contributed by atoms with Crippen LogP contribution in [0.4, 0.5) is 5.69 Å². The summed E-state index contributed by atoms with van der Waals surface area (Å²) in [4.78, 5) is 43.0. The Morgan fingerprint density at radius 2 is 1.91 bits per heavy atom. The molecule has 2 aromatic heterocycles. The smallest absolute Gasteiger partial charge is 0.272 e. The number of carbonyl (C=O) groups is 2. The van der Waals surface area contributed by atoms with Gasteiger partial charge in [0.2, 0.25) is 11.8 Å². The van der Waals surface area contributed by atoms with E-state index in [0.29, 0.717) is 15.4 Å². The molecule has 34 heavy (non-hydrogen) atoms. The monoisotopic (exact) mass is 494 g/mol. The van der Waals surface area contributed by atoms with Gasteiger partial charge < -0.3 is 10.6 Å². The Hall–Kier alpha value is -3.17. The molecule has 4 aromatic rings. The van der Waals surface area contributed by atoms with Crippen LogP contribution in [0.15, 0.2) is 58.5 Å². The van der Waals surface area contributed by atoms with Gasteiger partial charge in [-0.3, -0.25) is 19.0 Å². The number of nitrogens with zero attached hydrogens (tertiary/aromatic N) is 2. The lowest BCUT2D eigenvalue weighted by Gasteiger charge is -2.13. The predicted octanol–water partition coefficient (Wildman–Crippen LogP) is 4.57. The summed E-state index contributed by atoms with van der Waals surface area (Å²) < 4.78 is 3.05. The topological polar surface area (TPSA) is 93.1 Å². The summed E-state index contributed by atoms with van der Waals surface area (Å²) in [6.07, 6.45) is 0.152. The minimum absolute atomic E-state index is 0.0200. The molecule has 0 unspecified atom stereocenters. The number of fused-ring (bicyclic) bond motifs is 3. The maximum Gasteiger partial charge on any atom is 0.272 e. The second-order valence-corrected chi connectivity index (χ2v) is 10.3. The number of anilines is 1. The molecule has 0 saturated carbocycles. The molecule has 0 spiro atoms. The molecule has 0 radical (unpaired) electrons. The number of nitrogens with one attached hydrogen (secondary N) is 2. The quantitative estimate of drug-likeness (QED) is 0.277. The van der Waals surface area contributed by atoms with Crippen molar-refractivity contribution in [2.45, 2.75) is 44.9 Å². The first-order valence-corrected chi connectivity index (χ1v) is 12.8. The zero-order valence-electron chi connectivity index (χ0n) is 19.3. The average Bonchev–Trinajstić information content (AvgIpc) is 3.16. The van der Waals surface area contributed by atoms with Crippen molar-refractivity contribution >= 4 is 60.9 Å². The van der Waals surface area contributed by atoms with Crippen molar-refractivity contribution in [3.05, 3.63) is 64.4 Å². The minimum Gasteiger partial charge on any atom is -0.354 e. The first kappa shape index (κ1) is 24.0. The van der Waals surface area contributed by atoms with E-state index < -0.39 is 0 Å². The Kier molecular flexibility index (Phi) is 7.33. The van der Waals surface area contributed by atoms with Crippen molar-refractivity contribution in [2.75, 3.05) is 11.1 Å². The van der Waals surface area contributed by atoms with Gasteiger partial charge in [0.05, 0.1) is 11.3 Å². The highest BCUT2D eigenvalue weighted by atomic mass is 32.2. The molecule has 7 nitrogen and oxygen atoms in total. The van der Waals surface area contributed by atoms with E-state index in [0.717, 1.165) is 21.3 Å². The Morgan fingerprint density at radius 3 is 2.68 bits per heavy atom. The Bertz CT molecular complexity index is 1420. The van der Waals surface area contributed by atoms with E-state index in [1.54, 1.807) is 0 Å². The van der Waals surface area contributed by atoms with Gasteiger partial charge in [0.1, 0.15) is 4.70 Å². The molecule has 176 valence electrons. The van der Waals surface area contributed by atoms with Gasteiger partial charge in [-0.05, 0) is 44.5 Å². The van der Waals surface area contributed by atoms with Crippen molar-refractivity contribution in [1.82, 2.24) is 14.9 Å². The van der Waals surface area contributed by atoms with Crippen LogP contribution in [0, 0.1) is 6.92 Å². The fraction of sp³-hybridized carbons (Fsp3) is 0.280. The molecule has 0 saturated heterocycles. The summed E-state index contributed by atoms with van der Waals surface area (Å²) in [6, 6.07) is 15.3. The molecule has 2 aromatic carbocycles.